The zero-order valence-electron chi connectivity index (χ0n) is 14.3. The highest BCUT2D eigenvalue weighted by Gasteiger charge is 2.20. The Labute approximate surface area is 149 Å². The summed E-state index contributed by atoms with van der Waals surface area (Å²) in [5, 5.41) is 3.74. The number of anilines is 2. The summed E-state index contributed by atoms with van der Waals surface area (Å²) in [6, 6.07) is 5.79. The van der Waals surface area contributed by atoms with Gasteiger partial charge in [0.15, 0.2) is 0 Å². The fraction of sp³-hybridized carbons (Fsp3) is 0.526. The van der Waals surface area contributed by atoms with Crippen LogP contribution in [0.2, 0.25) is 5.02 Å². The number of benzene rings is 1. The van der Waals surface area contributed by atoms with E-state index in [4.69, 9.17) is 11.6 Å². The van der Waals surface area contributed by atoms with E-state index in [-0.39, 0.29) is 5.91 Å². The zero-order valence-corrected chi connectivity index (χ0v) is 15.1. The van der Waals surface area contributed by atoms with Crippen LogP contribution < -0.4 is 10.2 Å². The number of nitrogens with zero attached hydrogens (tertiary/aromatic N) is 2. The van der Waals surface area contributed by atoms with Gasteiger partial charge in [-0.25, -0.2) is 0 Å². The molecule has 24 heavy (non-hydrogen) atoms. The van der Waals surface area contributed by atoms with Crippen LogP contribution in [0.3, 0.4) is 0 Å². The highest BCUT2D eigenvalue weighted by atomic mass is 35.5. The van der Waals surface area contributed by atoms with Crippen molar-refractivity contribution in [1.82, 2.24) is 4.90 Å². The number of carbonyl (C=O) groups excluding carboxylic acids is 1. The second-order valence-electron chi connectivity index (χ2n) is 6.60. The molecule has 0 bridgehead atoms. The van der Waals surface area contributed by atoms with Crippen LogP contribution in [0, 0.1) is 5.92 Å². The standard InChI is InChI=1S/C19H26ClN3O/c1-2-22-9-11-23(12-10-22)18-8-7-16(20)14-17(18)21-19(24)13-15-5-3-4-6-15/h3,5,7-8,14-15H,2,4,6,9-13H2,1H3,(H,21,24). The number of piperazine rings is 1. The molecule has 1 unspecified atom stereocenters. The van der Waals surface area contributed by atoms with Crippen molar-refractivity contribution in [3.63, 3.8) is 0 Å². The minimum absolute atomic E-state index is 0.0715. The first-order chi connectivity index (χ1) is 11.7. The van der Waals surface area contributed by atoms with Gasteiger partial charge in [0.1, 0.15) is 0 Å². The summed E-state index contributed by atoms with van der Waals surface area (Å²) in [6.45, 7) is 7.35. The lowest BCUT2D eigenvalue weighted by Crippen LogP contribution is -2.46. The topological polar surface area (TPSA) is 35.6 Å². The normalized spacial score (nSPS) is 21.2. The van der Waals surface area contributed by atoms with E-state index in [1.54, 1.807) is 0 Å². The smallest absolute Gasteiger partial charge is 0.225 e. The molecule has 1 aromatic carbocycles. The first-order valence-corrected chi connectivity index (χ1v) is 9.27. The second kappa shape index (κ2) is 8.04. The van der Waals surface area contributed by atoms with Crippen molar-refractivity contribution in [2.45, 2.75) is 26.2 Å². The van der Waals surface area contributed by atoms with Gasteiger partial charge in [-0.3, -0.25) is 4.79 Å². The lowest BCUT2D eigenvalue weighted by atomic mass is 10.0. The summed E-state index contributed by atoms with van der Waals surface area (Å²) < 4.78 is 0. The lowest BCUT2D eigenvalue weighted by Gasteiger charge is -2.36. The summed E-state index contributed by atoms with van der Waals surface area (Å²) in [6.07, 6.45) is 7.03. The average Bonchev–Trinajstić information content (AvgIpc) is 3.08. The van der Waals surface area contributed by atoms with Gasteiger partial charge < -0.3 is 15.1 Å². The van der Waals surface area contributed by atoms with Crippen molar-refractivity contribution in [3.05, 3.63) is 35.4 Å². The van der Waals surface area contributed by atoms with Crippen LogP contribution in [0.5, 0.6) is 0 Å². The Kier molecular flexibility index (Phi) is 5.80. The molecule has 1 N–H and O–H groups in total. The molecule has 0 saturated carbocycles. The molecule has 1 amide bonds. The molecular weight excluding hydrogens is 322 g/mol. The molecule has 0 radical (unpaired) electrons. The van der Waals surface area contributed by atoms with Gasteiger partial charge in [-0.15, -0.1) is 0 Å². The van der Waals surface area contributed by atoms with Crippen molar-refractivity contribution >= 4 is 28.9 Å². The number of likely N-dealkylation sites (N-methyl/N-ethyl adjacent to an activating group) is 1. The van der Waals surface area contributed by atoms with E-state index in [1.807, 2.05) is 18.2 Å². The Morgan fingerprint density at radius 2 is 2.08 bits per heavy atom. The molecule has 4 nitrogen and oxygen atoms in total. The summed E-state index contributed by atoms with van der Waals surface area (Å²) >= 11 is 6.17. The third-order valence-electron chi connectivity index (χ3n) is 4.95. The van der Waals surface area contributed by atoms with Gasteiger partial charge in [0.2, 0.25) is 5.91 Å². The van der Waals surface area contributed by atoms with E-state index >= 15 is 0 Å². The van der Waals surface area contributed by atoms with E-state index < -0.39 is 0 Å². The molecule has 1 aliphatic carbocycles. The second-order valence-corrected chi connectivity index (χ2v) is 7.04. The Hall–Kier alpha value is -1.52. The van der Waals surface area contributed by atoms with E-state index in [0.717, 1.165) is 56.9 Å². The van der Waals surface area contributed by atoms with Crippen LogP contribution in [-0.2, 0) is 4.79 Å². The Morgan fingerprint density at radius 1 is 1.29 bits per heavy atom. The average molecular weight is 348 g/mol. The van der Waals surface area contributed by atoms with Crippen LogP contribution in [0.4, 0.5) is 11.4 Å². The molecule has 2 aliphatic rings. The highest BCUT2D eigenvalue weighted by molar-refractivity contribution is 6.31. The molecule has 1 fully saturated rings. The first kappa shape index (κ1) is 17.3. The van der Waals surface area contributed by atoms with Crippen molar-refractivity contribution in [1.29, 1.82) is 0 Å². The number of halogens is 1. The van der Waals surface area contributed by atoms with Gasteiger partial charge in [0.25, 0.3) is 0 Å². The predicted molar refractivity (Wildman–Crippen MR) is 101 cm³/mol. The predicted octanol–water partition coefficient (Wildman–Crippen LogP) is 3.78. The van der Waals surface area contributed by atoms with Crippen LogP contribution in [-0.4, -0.2) is 43.5 Å². The van der Waals surface area contributed by atoms with Gasteiger partial charge >= 0.3 is 0 Å². The number of carbonyl (C=O) groups is 1. The van der Waals surface area contributed by atoms with Crippen LogP contribution in [0.25, 0.3) is 0 Å². The molecule has 1 heterocycles. The summed E-state index contributed by atoms with van der Waals surface area (Å²) in [5.74, 6) is 0.447. The summed E-state index contributed by atoms with van der Waals surface area (Å²) in [5.41, 5.74) is 1.91. The van der Waals surface area contributed by atoms with Gasteiger partial charge in [-0.1, -0.05) is 30.7 Å². The molecule has 0 aromatic heterocycles. The molecule has 1 saturated heterocycles. The van der Waals surface area contributed by atoms with Crippen molar-refractivity contribution < 1.29 is 4.79 Å². The number of rotatable bonds is 5. The maximum Gasteiger partial charge on any atom is 0.225 e. The lowest BCUT2D eigenvalue weighted by molar-refractivity contribution is -0.116. The van der Waals surface area contributed by atoms with E-state index in [1.165, 1.54) is 0 Å². The molecule has 3 rings (SSSR count). The minimum Gasteiger partial charge on any atom is -0.367 e. The van der Waals surface area contributed by atoms with Crippen LogP contribution in [0.1, 0.15) is 26.2 Å². The first-order valence-electron chi connectivity index (χ1n) is 8.89. The summed E-state index contributed by atoms with van der Waals surface area (Å²) in [4.78, 5) is 17.2. The zero-order chi connectivity index (χ0) is 16.9. The number of hydrogen-bond donors (Lipinski definition) is 1. The number of allylic oxidation sites excluding steroid dienone is 2. The maximum atomic E-state index is 12.4. The van der Waals surface area contributed by atoms with Gasteiger partial charge in [0, 0.05) is 37.6 Å². The van der Waals surface area contributed by atoms with Crippen molar-refractivity contribution in [2.75, 3.05) is 42.9 Å². The maximum absolute atomic E-state index is 12.4. The Bertz CT molecular complexity index is 609. The van der Waals surface area contributed by atoms with Crippen molar-refractivity contribution in [2.24, 2.45) is 5.92 Å². The molecule has 1 atom stereocenters. The van der Waals surface area contributed by atoms with Gasteiger partial charge in [0.05, 0.1) is 11.4 Å². The van der Waals surface area contributed by atoms with Crippen LogP contribution >= 0.6 is 11.6 Å². The number of nitrogens with one attached hydrogen (secondary N) is 1. The third-order valence-corrected chi connectivity index (χ3v) is 5.19. The molecule has 130 valence electrons. The number of amides is 1. The molecule has 1 aliphatic heterocycles. The van der Waals surface area contributed by atoms with E-state index in [2.05, 4.69) is 34.2 Å². The third kappa shape index (κ3) is 4.31. The Balaban J connectivity index is 1.68. The van der Waals surface area contributed by atoms with Gasteiger partial charge in [-0.05, 0) is 43.5 Å². The van der Waals surface area contributed by atoms with E-state index in [0.29, 0.717) is 17.4 Å². The fourth-order valence-electron chi connectivity index (χ4n) is 3.49. The minimum atomic E-state index is 0.0715. The molecule has 1 aromatic rings. The van der Waals surface area contributed by atoms with E-state index in [9.17, 15) is 4.79 Å². The monoisotopic (exact) mass is 347 g/mol. The summed E-state index contributed by atoms with van der Waals surface area (Å²) in [7, 11) is 0. The molecule has 0 spiro atoms. The van der Waals surface area contributed by atoms with Crippen LogP contribution in [0.15, 0.2) is 30.4 Å². The quantitative estimate of drug-likeness (QED) is 0.823. The highest BCUT2D eigenvalue weighted by Crippen LogP contribution is 2.31. The SMILES string of the molecule is CCN1CCN(c2ccc(Cl)cc2NC(=O)CC2C=CCC2)CC1. The van der Waals surface area contributed by atoms with Crippen molar-refractivity contribution in [3.8, 4) is 0 Å². The number of hydrogen-bond acceptors (Lipinski definition) is 3. The van der Waals surface area contributed by atoms with Gasteiger partial charge in [-0.2, -0.15) is 0 Å². The Morgan fingerprint density at radius 3 is 2.75 bits per heavy atom. The molecule has 5 heteroatoms. The largest absolute Gasteiger partial charge is 0.367 e. The fourth-order valence-corrected chi connectivity index (χ4v) is 3.67. The molecular formula is C19H26ClN3O.